The number of amides is 2. The average Bonchev–Trinajstić information content (AvgIpc) is 2.84. The van der Waals surface area contributed by atoms with E-state index in [1.807, 2.05) is 62.4 Å². The van der Waals surface area contributed by atoms with Gasteiger partial charge in [0.1, 0.15) is 11.8 Å². The summed E-state index contributed by atoms with van der Waals surface area (Å²) in [4.78, 5) is 28.7. The number of para-hydroxylation sites is 1. The highest BCUT2D eigenvalue weighted by Crippen LogP contribution is 2.31. The molecule has 1 unspecified atom stereocenters. The second kappa shape index (κ2) is 12.2. The molecule has 0 bridgehead atoms. The molecule has 0 spiro atoms. The van der Waals surface area contributed by atoms with Gasteiger partial charge in [0.05, 0.1) is 0 Å². The van der Waals surface area contributed by atoms with Crippen LogP contribution in [0.15, 0.2) is 48.5 Å². The zero-order valence-corrected chi connectivity index (χ0v) is 22.1. The van der Waals surface area contributed by atoms with Crippen molar-refractivity contribution in [3.8, 4) is 5.75 Å². The van der Waals surface area contributed by atoms with E-state index in [0.29, 0.717) is 18.7 Å². The summed E-state index contributed by atoms with van der Waals surface area (Å²) in [5, 5.41) is 3.23. The van der Waals surface area contributed by atoms with E-state index in [1.54, 1.807) is 4.90 Å². The van der Waals surface area contributed by atoms with E-state index in [1.165, 1.54) is 6.42 Å². The van der Waals surface area contributed by atoms with E-state index in [0.717, 1.165) is 42.4 Å². The van der Waals surface area contributed by atoms with Crippen molar-refractivity contribution in [2.45, 2.75) is 97.2 Å². The molecule has 2 aromatic rings. The van der Waals surface area contributed by atoms with E-state index in [2.05, 4.69) is 26.1 Å². The molecule has 2 amide bonds. The lowest BCUT2D eigenvalue weighted by atomic mass is 9.86. The minimum absolute atomic E-state index is 0.0589. The third-order valence-corrected chi connectivity index (χ3v) is 6.99. The van der Waals surface area contributed by atoms with Gasteiger partial charge >= 0.3 is 0 Å². The quantitative estimate of drug-likeness (QED) is 0.486. The second-order valence-electron chi connectivity index (χ2n) is 10.8. The normalized spacial score (nSPS) is 15.3. The van der Waals surface area contributed by atoms with Gasteiger partial charge in [-0.25, -0.2) is 0 Å². The van der Waals surface area contributed by atoms with E-state index in [9.17, 15) is 9.59 Å². The number of hydrogen-bond acceptors (Lipinski definition) is 3. The first-order valence-electron chi connectivity index (χ1n) is 13.1. The van der Waals surface area contributed by atoms with Crippen molar-refractivity contribution in [1.82, 2.24) is 10.2 Å². The number of nitrogens with zero attached hydrogens (tertiary/aromatic N) is 1. The lowest BCUT2D eigenvalue weighted by Gasteiger charge is -2.33. The van der Waals surface area contributed by atoms with E-state index in [-0.39, 0.29) is 29.9 Å². The summed E-state index contributed by atoms with van der Waals surface area (Å²) in [6.07, 6.45) is 6.11. The molecule has 5 heteroatoms. The molecule has 190 valence electrons. The van der Waals surface area contributed by atoms with Crippen LogP contribution >= 0.6 is 0 Å². The monoisotopic (exact) mass is 478 g/mol. The Labute approximate surface area is 211 Å². The first-order valence-corrected chi connectivity index (χ1v) is 13.1. The van der Waals surface area contributed by atoms with Crippen molar-refractivity contribution < 1.29 is 14.3 Å². The van der Waals surface area contributed by atoms with Gasteiger partial charge in [-0.05, 0) is 54.4 Å². The molecule has 1 aliphatic rings. The maximum atomic E-state index is 13.6. The summed E-state index contributed by atoms with van der Waals surface area (Å²) in [5.41, 5.74) is 3.10. The third kappa shape index (κ3) is 7.33. The Kier molecular flexibility index (Phi) is 9.36. The minimum atomic E-state index is -0.537. The standard InChI is InChI=1S/C30H42N2O3/c1-6-26(29(34)31-24-16-8-7-9-17-24)32(20-23-15-11-10-14-22(23)2)28(33)21-35-27-19-13-12-18-25(27)30(3,4)5/h10-15,18-19,24,26H,6-9,16-17,20-21H2,1-5H3,(H,31,34). The maximum Gasteiger partial charge on any atom is 0.261 e. The summed E-state index contributed by atoms with van der Waals surface area (Å²) < 4.78 is 6.08. The highest BCUT2D eigenvalue weighted by molar-refractivity contribution is 5.88. The number of carbonyl (C=O) groups excluding carboxylic acids is 2. The topological polar surface area (TPSA) is 58.6 Å². The van der Waals surface area contributed by atoms with Crippen LogP contribution in [0, 0.1) is 6.92 Å². The summed E-state index contributed by atoms with van der Waals surface area (Å²) in [7, 11) is 0. The van der Waals surface area contributed by atoms with Crippen LogP contribution < -0.4 is 10.1 Å². The van der Waals surface area contributed by atoms with Crippen LogP contribution in [0.1, 0.15) is 82.9 Å². The molecule has 0 radical (unpaired) electrons. The van der Waals surface area contributed by atoms with Crippen LogP contribution in [0.2, 0.25) is 0 Å². The molecule has 0 heterocycles. The molecule has 1 N–H and O–H groups in total. The predicted molar refractivity (Wildman–Crippen MR) is 141 cm³/mol. The molecule has 1 aliphatic carbocycles. The third-order valence-electron chi connectivity index (χ3n) is 6.99. The summed E-state index contributed by atoms with van der Waals surface area (Å²) in [5.74, 6) is 0.475. The first-order chi connectivity index (χ1) is 16.7. The molecule has 3 rings (SSSR count). The Balaban J connectivity index is 1.81. The van der Waals surface area contributed by atoms with Crippen molar-refractivity contribution >= 4 is 11.8 Å². The van der Waals surface area contributed by atoms with Gasteiger partial charge in [0, 0.05) is 12.6 Å². The van der Waals surface area contributed by atoms with Crippen LogP contribution in [0.4, 0.5) is 0 Å². The molecule has 5 nitrogen and oxygen atoms in total. The van der Waals surface area contributed by atoms with Gasteiger partial charge < -0.3 is 15.0 Å². The Morgan fingerprint density at radius 1 is 1.03 bits per heavy atom. The molecule has 1 fully saturated rings. The van der Waals surface area contributed by atoms with Gasteiger partial charge in [-0.3, -0.25) is 9.59 Å². The molecular weight excluding hydrogens is 436 g/mol. The SMILES string of the molecule is CCC(C(=O)NC1CCCCC1)N(Cc1ccccc1C)C(=O)COc1ccccc1C(C)(C)C. The summed E-state index contributed by atoms with van der Waals surface area (Å²) in [6, 6.07) is 15.6. The van der Waals surface area contributed by atoms with Crippen LogP contribution in [0.25, 0.3) is 0 Å². The Morgan fingerprint density at radius 2 is 1.69 bits per heavy atom. The van der Waals surface area contributed by atoms with Crippen LogP contribution in [-0.4, -0.2) is 35.4 Å². The lowest BCUT2D eigenvalue weighted by molar-refractivity contribution is -0.143. The number of hydrogen-bond donors (Lipinski definition) is 1. The lowest BCUT2D eigenvalue weighted by Crippen LogP contribution is -2.52. The Hall–Kier alpha value is -2.82. The summed E-state index contributed by atoms with van der Waals surface area (Å²) in [6.45, 7) is 10.7. The van der Waals surface area contributed by atoms with Crippen molar-refractivity contribution in [3.63, 3.8) is 0 Å². The average molecular weight is 479 g/mol. The number of benzene rings is 2. The fourth-order valence-corrected chi connectivity index (χ4v) is 4.87. The van der Waals surface area contributed by atoms with Gasteiger partial charge in [0.2, 0.25) is 5.91 Å². The molecule has 35 heavy (non-hydrogen) atoms. The van der Waals surface area contributed by atoms with Crippen LogP contribution in [0.5, 0.6) is 5.75 Å². The van der Waals surface area contributed by atoms with Crippen molar-refractivity contribution in [1.29, 1.82) is 0 Å². The molecule has 1 saturated carbocycles. The Morgan fingerprint density at radius 3 is 2.34 bits per heavy atom. The van der Waals surface area contributed by atoms with Gasteiger partial charge in [-0.1, -0.05) is 89.4 Å². The largest absolute Gasteiger partial charge is 0.483 e. The zero-order valence-electron chi connectivity index (χ0n) is 22.1. The fourth-order valence-electron chi connectivity index (χ4n) is 4.87. The number of carbonyl (C=O) groups is 2. The van der Waals surface area contributed by atoms with E-state index in [4.69, 9.17) is 4.74 Å². The zero-order chi connectivity index (χ0) is 25.4. The second-order valence-corrected chi connectivity index (χ2v) is 10.8. The van der Waals surface area contributed by atoms with Crippen molar-refractivity contribution in [3.05, 3.63) is 65.2 Å². The van der Waals surface area contributed by atoms with Crippen molar-refractivity contribution in [2.24, 2.45) is 0 Å². The number of aryl methyl sites for hydroxylation is 1. The number of rotatable bonds is 9. The van der Waals surface area contributed by atoms with Gasteiger partial charge in [0.15, 0.2) is 6.61 Å². The highest BCUT2D eigenvalue weighted by atomic mass is 16.5. The Bertz CT molecular complexity index is 989. The molecule has 1 atom stereocenters. The van der Waals surface area contributed by atoms with E-state index < -0.39 is 6.04 Å². The number of ether oxygens (including phenoxy) is 1. The van der Waals surface area contributed by atoms with Crippen molar-refractivity contribution in [2.75, 3.05) is 6.61 Å². The maximum absolute atomic E-state index is 13.6. The van der Waals surface area contributed by atoms with Crippen LogP contribution in [0.3, 0.4) is 0 Å². The molecule has 0 aliphatic heterocycles. The molecule has 0 saturated heterocycles. The fraction of sp³-hybridized carbons (Fsp3) is 0.533. The van der Waals surface area contributed by atoms with Gasteiger partial charge in [-0.2, -0.15) is 0 Å². The molecule has 2 aromatic carbocycles. The van der Waals surface area contributed by atoms with Crippen LogP contribution in [-0.2, 0) is 21.5 Å². The molecular formula is C30H42N2O3. The van der Waals surface area contributed by atoms with E-state index >= 15 is 0 Å². The van der Waals surface area contributed by atoms with Gasteiger partial charge in [0.25, 0.3) is 5.91 Å². The number of nitrogens with one attached hydrogen (secondary N) is 1. The smallest absolute Gasteiger partial charge is 0.261 e. The minimum Gasteiger partial charge on any atom is -0.483 e. The molecule has 0 aromatic heterocycles. The van der Waals surface area contributed by atoms with Gasteiger partial charge in [-0.15, -0.1) is 0 Å². The highest BCUT2D eigenvalue weighted by Gasteiger charge is 2.31. The first kappa shape index (κ1) is 26.8. The summed E-state index contributed by atoms with van der Waals surface area (Å²) >= 11 is 0. The predicted octanol–water partition coefficient (Wildman–Crippen LogP) is 5.93.